The van der Waals surface area contributed by atoms with Gasteiger partial charge in [0.15, 0.2) is 0 Å². The summed E-state index contributed by atoms with van der Waals surface area (Å²) < 4.78 is 2.17. The largest absolute Gasteiger partial charge is 0.354 e. The van der Waals surface area contributed by atoms with E-state index < -0.39 is 0 Å². The fourth-order valence-electron chi connectivity index (χ4n) is 4.23. The monoisotopic (exact) mass is 398 g/mol. The van der Waals surface area contributed by atoms with Crippen molar-refractivity contribution in [2.75, 3.05) is 31.1 Å². The summed E-state index contributed by atoms with van der Waals surface area (Å²) in [5.74, 6) is 1.03. The number of piperazine rings is 1. The van der Waals surface area contributed by atoms with Crippen LogP contribution in [-0.4, -0.2) is 45.5 Å². The maximum atomic E-state index is 4.74. The van der Waals surface area contributed by atoms with Crippen LogP contribution in [0.5, 0.6) is 0 Å². The van der Waals surface area contributed by atoms with Gasteiger partial charge in [0.05, 0.1) is 11.9 Å². The fraction of sp³-hybridized carbons (Fsp3) is 0.292. The predicted octanol–water partition coefficient (Wildman–Crippen LogP) is 3.79. The average Bonchev–Trinajstić information content (AvgIpc) is 3.19. The number of pyridine rings is 3. The van der Waals surface area contributed by atoms with E-state index in [1.54, 1.807) is 0 Å². The number of rotatable bonds is 3. The topological polar surface area (TPSA) is 58.4 Å². The molecule has 1 aliphatic heterocycles. The number of hydrogen-bond donors (Lipinski definition) is 1. The molecule has 1 fully saturated rings. The summed E-state index contributed by atoms with van der Waals surface area (Å²) in [7, 11) is 0. The van der Waals surface area contributed by atoms with Gasteiger partial charge < -0.3 is 10.2 Å². The summed E-state index contributed by atoms with van der Waals surface area (Å²) in [5, 5.41) is 3.38. The second-order valence-electron chi connectivity index (χ2n) is 7.98. The smallest absolute Gasteiger partial charge is 0.140 e. The van der Waals surface area contributed by atoms with E-state index in [2.05, 4.69) is 75.0 Å². The molecule has 0 radical (unpaired) electrons. The van der Waals surface area contributed by atoms with Crippen molar-refractivity contribution in [2.45, 2.75) is 20.8 Å². The Labute approximate surface area is 176 Å². The maximum Gasteiger partial charge on any atom is 0.140 e. The molecule has 0 amide bonds. The highest BCUT2D eigenvalue weighted by Gasteiger charge is 2.14. The molecular formula is C24H26N6. The van der Waals surface area contributed by atoms with Gasteiger partial charge in [-0.2, -0.15) is 0 Å². The SMILES string of the molecule is Cc1ccc(-c2cc(C)c3ncc(-c4ccc(N5CCNCC5)nc4)n3c2)c(C)n1. The minimum atomic E-state index is 0.970. The lowest BCUT2D eigenvalue weighted by Crippen LogP contribution is -2.43. The molecule has 0 bridgehead atoms. The predicted molar refractivity (Wildman–Crippen MR) is 121 cm³/mol. The molecule has 4 aromatic rings. The second-order valence-corrected chi connectivity index (χ2v) is 7.98. The third kappa shape index (κ3) is 3.33. The van der Waals surface area contributed by atoms with E-state index >= 15 is 0 Å². The molecule has 5 heterocycles. The molecule has 0 spiro atoms. The van der Waals surface area contributed by atoms with E-state index in [-0.39, 0.29) is 0 Å². The molecule has 1 aliphatic rings. The summed E-state index contributed by atoms with van der Waals surface area (Å²) in [6.45, 7) is 10.2. The summed E-state index contributed by atoms with van der Waals surface area (Å²) in [6, 6.07) is 10.7. The Balaban J connectivity index is 1.56. The van der Waals surface area contributed by atoms with Crippen LogP contribution in [0.25, 0.3) is 28.0 Å². The van der Waals surface area contributed by atoms with Crippen molar-refractivity contribution >= 4 is 11.5 Å². The molecule has 1 saturated heterocycles. The quantitative estimate of drug-likeness (QED) is 0.569. The molecule has 0 atom stereocenters. The highest BCUT2D eigenvalue weighted by molar-refractivity contribution is 5.72. The molecule has 0 unspecified atom stereocenters. The van der Waals surface area contributed by atoms with Gasteiger partial charge in [-0.15, -0.1) is 0 Å². The Morgan fingerprint density at radius 1 is 0.900 bits per heavy atom. The van der Waals surface area contributed by atoms with Crippen molar-refractivity contribution in [1.82, 2.24) is 24.7 Å². The number of nitrogens with zero attached hydrogens (tertiary/aromatic N) is 5. The normalized spacial score (nSPS) is 14.4. The Morgan fingerprint density at radius 2 is 1.73 bits per heavy atom. The highest BCUT2D eigenvalue weighted by Crippen LogP contribution is 2.29. The van der Waals surface area contributed by atoms with Crippen LogP contribution in [0.1, 0.15) is 17.0 Å². The number of aromatic nitrogens is 4. The van der Waals surface area contributed by atoms with Gasteiger partial charge in [0.1, 0.15) is 11.5 Å². The number of anilines is 1. The van der Waals surface area contributed by atoms with Crippen molar-refractivity contribution in [1.29, 1.82) is 0 Å². The number of imidazole rings is 1. The molecular weight excluding hydrogens is 372 g/mol. The first-order valence-electron chi connectivity index (χ1n) is 10.4. The molecule has 1 N–H and O–H groups in total. The zero-order chi connectivity index (χ0) is 20.7. The Hall–Kier alpha value is -3.25. The first kappa shape index (κ1) is 18.8. The Kier molecular flexibility index (Phi) is 4.71. The summed E-state index contributed by atoms with van der Waals surface area (Å²) in [5.41, 5.74) is 8.60. The van der Waals surface area contributed by atoms with E-state index in [0.717, 1.165) is 77.0 Å². The number of nitrogens with one attached hydrogen (secondary N) is 1. The van der Waals surface area contributed by atoms with Crippen LogP contribution in [0.4, 0.5) is 5.82 Å². The molecule has 0 aromatic carbocycles. The van der Waals surface area contributed by atoms with E-state index in [9.17, 15) is 0 Å². The minimum Gasteiger partial charge on any atom is -0.354 e. The van der Waals surface area contributed by atoms with E-state index in [1.165, 1.54) is 0 Å². The first-order valence-corrected chi connectivity index (χ1v) is 10.4. The van der Waals surface area contributed by atoms with Crippen molar-refractivity contribution in [3.05, 3.63) is 65.9 Å². The molecule has 4 aromatic heterocycles. The zero-order valence-corrected chi connectivity index (χ0v) is 17.7. The highest BCUT2D eigenvalue weighted by atomic mass is 15.2. The van der Waals surface area contributed by atoms with Crippen LogP contribution in [0, 0.1) is 20.8 Å². The first-order chi connectivity index (χ1) is 14.6. The molecule has 30 heavy (non-hydrogen) atoms. The van der Waals surface area contributed by atoms with Gasteiger partial charge in [-0.25, -0.2) is 9.97 Å². The van der Waals surface area contributed by atoms with Crippen LogP contribution in [0.2, 0.25) is 0 Å². The standard InChI is InChI=1S/C24H26N6/c1-16-12-20(21-6-4-17(2)28-18(21)3)15-30-22(14-27-24(16)30)19-5-7-23(26-13-19)29-10-8-25-9-11-29/h4-7,12-15,25H,8-11H2,1-3H3. The summed E-state index contributed by atoms with van der Waals surface area (Å²) in [6.07, 6.45) is 6.06. The van der Waals surface area contributed by atoms with Crippen molar-refractivity contribution < 1.29 is 0 Å². The van der Waals surface area contributed by atoms with Gasteiger partial charge in [0.2, 0.25) is 0 Å². The molecule has 6 heteroatoms. The van der Waals surface area contributed by atoms with Gasteiger partial charge in [0.25, 0.3) is 0 Å². The fourth-order valence-corrected chi connectivity index (χ4v) is 4.23. The summed E-state index contributed by atoms with van der Waals surface area (Å²) in [4.78, 5) is 16.4. The Morgan fingerprint density at radius 3 is 2.47 bits per heavy atom. The third-order valence-electron chi connectivity index (χ3n) is 5.81. The van der Waals surface area contributed by atoms with Gasteiger partial charge in [-0.1, -0.05) is 6.07 Å². The molecule has 5 rings (SSSR count). The van der Waals surface area contributed by atoms with Crippen molar-refractivity contribution in [2.24, 2.45) is 0 Å². The minimum absolute atomic E-state index is 0.970. The van der Waals surface area contributed by atoms with E-state index in [4.69, 9.17) is 4.98 Å². The van der Waals surface area contributed by atoms with Crippen molar-refractivity contribution in [3.8, 4) is 22.4 Å². The van der Waals surface area contributed by atoms with Gasteiger partial charge in [0, 0.05) is 66.7 Å². The lowest BCUT2D eigenvalue weighted by molar-refractivity contribution is 0.585. The lowest BCUT2D eigenvalue weighted by atomic mass is 10.0. The van der Waals surface area contributed by atoms with Crippen LogP contribution in [0.15, 0.2) is 48.9 Å². The van der Waals surface area contributed by atoms with Crippen LogP contribution < -0.4 is 10.2 Å². The number of aryl methyl sites for hydroxylation is 3. The van der Waals surface area contributed by atoms with Crippen molar-refractivity contribution in [3.63, 3.8) is 0 Å². The van der Waals surface area contributed by atoms with Crippen LogP contribution in [0.3, 0.4) is 0 Å². The van der Waals surface area contributed by atoms with Crippen LogP contribution >= 0.6 is 0 Å². The van der Waals surface area contributed by atoms with Gasteiger partial charge >= 0.3 is 0 Å². The van der Waals surface area contributed by atoms with Gasteiger partial charge in [-0.05, 0) is 50.6 Å². The van der Waals surface area contributed by atoms with Gasteiger partial charge in [-0.3, -0.25) is 9.38 Å². The number of fused-ring (bicyclic) bond motifs is 1. The Bertz CT molecular complexity index is 1200. The van der Waals surface area contributed by atoms with E-state index in [0.29, 0.717) is 0 Å². The van der Waals surface area contributed by atoms with E-state index in [1.807, 2.05) is 19.3 Å². The zero-order valence-electron chi connectivity index (χ0n) is 17.7. The molecule has 6 nitrogen and oxygen atoms in total. The van der Waals surface area contributed by atoms with Crippen LogP contribution in [-0.2, 0) is 0 Å². The maximum absolute atomic E-state index is 4.74. The third-order valence-corrected chi connectivity index (χ3v) is 5.81. The molecule has 0 aliphatic carbocycles. The summed E-state index contributed by atoms with van der Waals surface area (Å²) >= 11 is 0. The molecule has 152 valence electrons. The molecule has 0 saturated carbocycles. The average molecular weight is 399 g/mol. The lowest BCUT2D eigenvalue weighted by Gasteiger charge is -2.28. The number of hydrogen-bond acceptors (Lipinski definition) is 5. The second kappa shape index (κ2) is 7.54.